The lowest BCUT2D eigenvalue weighted by atomic mass is 10.1. The number of alkyl halides is 1. The number of hydrogen-bond acceptors (Lipinski definition) is 0. The van der Waals surface area contributed by atoms with Gasteiger partial charge in [-0.2, -0.15) is 0 Å². The Bertz CT molecular complexity index is 271. The van der Waals surface area contributed by atoms with E-state index in [2.05, 4.69) is 63.6 Å². The molecule has 0 nitrogen and oxygen atoms in total. The molecule has 0 saturated carbocycles. The summed E-state index contributed by atoms with van der Waals surface area (Å²) in [6, 6.07) is 6.80. The smallest absolute Gasteiger partial charge is 0.0165 e. The summed E-state index contributed by atoms with van der Waals surface area (Å²) >= 11 is 5.89. The molecule has 0 amide bonds. The van der Waals surface area contributed by atoms with Crippen molar-refractivity contribution in [2.45, 2.75) is 26.2 Å². The number of benzene rings is 1. The van der Waals surface area contributed by atoms with E-state index in [0.29, 0.717) is 0 Å². The van der Waals surface area contributed by atoms with Gasteiger partial charge < -0.3 is 0 Å². The van der Waals surface area contributed by atoms with E-state index in [9.17, 15) is 0 Å². The Morgan fingerprint density at radius 3 is 2.69 bits per heavy atom. The summed E-state index contributed by atoms with van der Waals surface area (Å²) in [6.07, 6.45) is 3.55. The second-order valence-corrected chi connectivity index (χ2v) is 5.03. The van der Waals surface area contributed by atoms with Gasteiger partial charge in [0.05, 0.1) is 0 Å². The van der Waals surface area contributed by atoms with Crippen LogP contribution in [-0.2, 0) is 12.8 Å². The number of rotatable bonds is 4. The fraction of sp³-hybridized carbons (Fsp3) is 0.455. The van der Waals surface area contributed by atoms with E-state index in [4.69, 9.17) is 0 Å². The lowest BCUT2D eigenvalue weighted by Crippen LogP contribution is -1.92. The van der Waals surface area contributed by atoms with Gasteiger partial charge in [0, 0.05) is 8.90 Å². The average molecular weight is 353 g/mol. The first kappa shape index (κ1) is 11.5. The molecule has 2 heteroatoms. The highest BCUT2D eigenvalue weighted by Gasteiger charge is 1.99. The maximum absolute atomic E-state index is 3.46. The van der Waals surface area contributed by atoms with Crippen LogP contribution in [0, 0.1) is 3.57 Å². The molecule has 0 aliphatic carbocycles. The van der Waals surface area contributed by atoms with E-state index in [-0.39, 0.29) is 0 Å². The predicted octanol–water partition coefficient (Wildman–Crippen LogP) is 4.18. The van der Waals surface area contributed by atoms with E-state index >= 15 is 0 Å². The van der Waals surface area contributed by atoms with Gasteiger partial charge in [-0.15, -0.1) is 0 Å². The highest BCUT2D eigenvalue weighted by atomic mass is 127. The van der Waals surface area contributed by atoms with Crippen LogP contribution in [0.2, 0.25) is 0 Å². The van der Waals surface area contributed by atoms with E-state index in [0.717, 1.165) is 11.8 Å². The molecule has 0 heterocycles. The molecule has 0 aromatic heterocycles. The van der Waals surface area contributed by atoms with E-state index in [1.807, 2.05) is 0 Å². The summed E-state index contributed by atoms with van der Waals surface area (Å²) in [5, 5.41) is 1.10. The molecule has 0 aliphatic heterocycles. The first-order valence-corrected chi connectivity index (χ1v) is 6.81. The topological polar surface area (TPSA) is 0 Å². The molecule has 0 radical (unpaired) electrons. The summed E-state index contributed by atoms with van der Waals surface area (Å²) < 4.78 is 1.41. The van der Waals surface area contributed by atoms with Crippen molar-refractivity contribution in [1.82, 2.24) is 0 Å². The summed E-state index contributed by atoms with van der Waals surface area (Å²) in [6.45, 7) is 2.20. The highest BCUT2D eigenvalue weighted by molar-refractivity contribution is 14.1. The average Bonchev–Trinajstić information content (AvgIpc) is 2.16. The van der Waals surface area contributed by atoms with Crippen LogP contribution in [-0.4, -0.2) is 5.33 Å². The third-order valence-corrected chi connectivity index (χ3v) is 3.67. The standard InChI is InChI=1S/C11H14BrI/c1-2-9-5-6-10(4-3-7-12)11(13)8-9/h5-6,8H,2-4,7H2,1H3. The molecule has 0 saturated heterocycles. The summed E-state index contributed by atoms with van der Waals surface area (Å²) in [5.41, 5.74) is 2.92. The van der Waals surface area contributed by atoms with Crippen LogP contribution >= 0.6 is 38.5 Å². The molecule has 1 rings (SSSR count). The molecule has 72 valence electrons. The second-order valence-electron chi connectivity index (χ2n) is 3.07. The lowest BCUT2D eigenvalue weighted by Gasteiger charge is -2.05. The SMILES string of the molecule is CCc1ccc(CCCBr)c(I)c1. The predicted molar refractivity (Wildman–Crippen MR) is 70.7 cm³/mol. The monoisotopic (exact) mass is 352 g/mol. The first-order chi connectivity index (χ1) is 6.27. The van der Waals surface area contributed by atoms with E-state index < -0.39 is 0 Å². The Labute approximate surface area is 102 Å². The Kier molecular flexibility index (Phi) is 5.32. The van der Waals surface area contributed by atoms with Crippen LogP contribution in [0.25, 0.3) is 0 Å². The zero-order valence-electron chi connectivity index (χ0n) is 7.82. The van der Waals surface area contributed by atoms with Gasteiger partial charge in [-0.1, -0.05) is 35.0 Å². The van der Waals surface area contributed by atoms with Gasteiger partial charge >= 0.3 is 0 Å². The van der Waals surface area contributed by atoms with Crippen LogP contribution in [0.1, 0.15) is 24.5 Å². The second kappa shape index (κ2) is 6.02. The van der Waals surface area contributed by atoms with Crippen LogP contribution in [0.4, 0.5) is 0 Å². The Morgan fingerprint density at radius 1 is 1.38 bits per heavy atom. The molecule has 1 aromatic carbocycles. The molecular weight excluding hydrogens is 339 g/mol. The minimum Gasteiger partial charge on any atom is -0.0928 e. The van der Waals surface area contributed by atoms with E-state index in [1.54, 1.807) is 0 Å². The van der Waals surface area contributed by atoms with Crippen molar-refractivity contribution in [1.29, 1.82) is 0 Å². The zero-order chi connectivity index (χ0) is 9.68. The molecule has 0 bridgehead atoms. The van der Waals surface area contributed by atoms with E-state index in [1.165, 1.54) is 27.5 Å². The minimum atomic E-state index is 1.10. The van der Waals surface area contributed by atoms with Gasteiger partial charge in [-0.05, 0) is 59.0 Å². The first-order valence-electron chi connectivity index (χ1n) is 4.61. The van der Waals surface area contributed by atoms with Crippen molar-refractivity contribution in [2.24, 2.45) is 0 Å². The van der Waals surface area contributed by atoms with Gasteiger partial charge in [0.25, 0.3) is 0 Å². The Morgan fingerprint density at radius 2 is 2.15 bits per heavy atom. The quantitative estimate of drug-likeness (QED) is 0.563. The van der Waals surface area contributed by atoms with Gasteiger partial charge in [-0.3, -0.25) is 0 Å². The van der Waals surface area contributed by atoms with Crippen molar-refractivity contribution in [3.8, 4) is 0 Å². The van der Waals surface area contributed by atoms with Crippen molar-refractivity contribution in [3.63, 3.8) is 0 Å². The summed E-state index contributed by atoms with van der Waals surface area (Å²) in [7, 11) is 0. The lowest BCUT2D eigenvalue weighted by molar-refractivity contribution is 0.930. The Balaban J connectivity index is 2.73. The zero-order valence-corrected chi connectivity index (χ0v) is 11.6. The number of hydrogen-bond donors (Lipinski definition) is 0. The van der Waals surface area contributed by atoms with Gasteiger partial charge in [0.15, 0.2) is 0 Å². The fourth-order valence-electron chi connectivity index (χ4n) is 1.27. The molecule has 0 N–H and O–H groups in total. The van der Waals surface area contributed by atoms with Crippen LogP contribution in [0.5, 0.6) is 0 Å². The fourth-order valence-corrected chi connectivity index (χ4v) is 2.40. The minimum absolute atomic E-state index is 1.10. The van der Waals surface area contributed by atoms with Crippen LogP contribution < -0.4 is 0 Å². The number of halogens is 2. The molecule has 1 aromatic rings. The van der Waals surface area contributed by atoms with Gasteiger partial charge in [0.2, 0.25) is 0 Å². The van der Waals surface area contributed by atoms with Gasteiger partial charge in [-0.25, -0.2) is 0 Å². The van der Waals surface area contributed by atoms with Crippen molar-refractivity contribution < 1.29 is 0 Å². The van der Waals surface area contributed by atoms with Crippen molar-refractivity contribution in [3.05, 3.63) is 32.9 Å². The normalized spacial score (nSPS) is 10.4. The molecule has 0 spiro atoms. The molecule has 0 unspecified atom stereocenters. The molecule has 0 fully saturated rings. The maximum Gasteiger partial charge on any atom is 0.0165 e. The van der Waals surface area contributed by atoms with Crippen LogP contribution in [0.15, 0.2) is 18.2 Å². The van der Waals surface area contributed by atoms with Crippen molar-refractivity contribution >= 4 is 38.5 Å². The Hall–Kier alpha value is 0.430. The third kappa shape index (κ3) is 3.58. The molecular formula is C11H14BrI. The summed E-state index contributed by atoms with van der Waals surface area (Å²) in [5.74, 6) is 0. The largest absolute Gasteiger partial charge is 0.0928 e. The van der Waals surface area contributed by atoms with Crippen LogP contribution in [0.3, 0.4) is 0 Å². The molecule has 0 atom stereocenters. The van der Waals surface area contributed by atoms with Gasteiger partial charge in [0.1, 0.15) is 0 Å². The maximum atomic E-state index is 3.46. The molecule has 0 aliphatic rings. The van der Waals surface area contributed by atoms with Crippen molar-refractivity contribution in [2.75, 3.05) is 5.33 Å². The highest BCUT2D eigenvalue weighted by Crippen LogP contribution is 2.16. The summed E-state index contributed by atoms with van der Waals surface area (Å²) in [4.78, 5) is 0. The molecule has 13 heavy (non-hydrogen) atoms. The third-order valence-electron chi connectivity index (χ3n) is 2.11. The number of aryl methyl sites for hydroxylation is 2.